The Hall–Kier alpha value is -5.10. The number of nitrogens with zero attached hydrogens (tertiary/aromatic N) is 2. The summed E-state index contributed by atoms with van der Waals surface area (Å²) in [5.74, 6) is -3.22. The molecule has 0 saturated carbocycles. The van der Waals surface area contributed by atoms with Crippen molar-refractivity contribution < 1.29 is 32.7 Å². The zero-order valence-corrected chi connectivity index (χ0v) is 20.9. The molecule has 2 heterocycles. The zero-order valence-electron chi connectivity index (χ0n) is 20.1. The lowest BCUT2D eigenvalue weighted by molar-refractivity contribution is -0.141. The number of fused-ring (bicyclic) bond motifs is 2. The molecule has 0 spiro atoms. The van der Waals surface area contributed by atoms with Gasteiger partial charge in [0.25, 0.3) is 11.8 Å². The van der Waals surface area contributed by atoms with Crippen LogP contribution in [0.2, 0.25) is 0 Å². The van der Waals surface area contributed by atoms with Gasteiger partial charge in [-0.1, -0.05) is 36.4 Å². The molecule has 0 fully saturated rings. The van der Waals surface area contributed by atoms with E-state index in [2.05, 4.69) is 10.3 Å². The van der Waals surface area contributed by atoms with Gasteiger partial charge < -0.3 is 16.2 Å². The third-order valence-electron chi connectivity index (χ3n) is 6.37. The van der Waals surface area contributed by atoms with Gasteiger partial charge in [0.15, 0.2) is 5.71 Å². The molecule has 0 bridgehead atoms. The Balaban J connectivity index is 1.34. The molecular formula is C27H20N4O7S. The van der Waals surface area contributed by atoms with E-state index < -0.39 is 45.7 Å². The van der Waals surface area contributed by atoms with Gasteiger partial charge in [0.1, 0.15) is 10.9 Å². The molecule has 0 saturated heterocycles. The number of anilines is 2. The minimum Gasteiger partial charge on any atom is -0.480 e. The number of nitrogens with one attached hydrogen (secondary N) is 1. The van der Waals surface area contributed by atoms with Crippen molar-refractivity contribution in [2.24, 2.45) is 4.99 Å². The highest BCUT2D eigenvalue weighted by Crippen LogP contribution is 2.28. The predicted octanol–water partition coefficient (Wildman–Crippen LogP) is 1.30. The number of hydrogen-bond acceptors (Lipinski definition) is 8. The maximum atomic E-state index is 13.0. The fourth-order valence-corrected chi connectivity index (χ4v) is 5.16. The molecule has 3 aromatic carbocycles. The van der Waals surface area contributed by atoms with Crippen LogP contribution in [0.25, 0.3) is 0 Å². The van der Waals surface area contributed by atoms with Crippen LogP contribution in [0.15, 0.2) is 71.7 Å². The number of nitrogen functional groups attached to an aromatic ring is 1. The van der Waals surface area contributed by atoms with Crippen LogP contribution in [0, 0.1) is 0 Å². The minimum absolute atomic E-state index is 0.0249. The van der Waals surface area contributed by atoms with Crippen LogP contribution in [0.5, 0.6) is 0 Å². The number of carboxylic acid groups (broad SMARTS) is 1. The molecule has 3 aromatic rings. The second kappa shape index (κ2) is 9.99. The van der Waals surface area contributed by atoms with Gasteiger partial charge in [0.05, 0.1) is 17.8 Å². The van der Waals surface area contributed by atoms with Crippen molar-refractivity contribution in [2.75, 3.05) is 10.6 Å². The number of imide groups is 1. The fraction of sp³-hybridized carbons (Fsp3) is 0.111. The van der Waals surface area contributed by atoms with E-state index in [1.807, 2.05) is 0 Å². The van der Waals surface area contributed by atoms with Crippen molar-refractivity contribution >= 4 is 61.6 Å². The molecule has 2 aliphatic heterocycles. The lowest BCUT2D eigenvalue weighted by Crippen LogP contribution is -2.46. The summed E-state index contributed by atoms with van der Waals surface area (Å²) in [7, 11) is -2.78. The molecule has 1 atom stereocenters. The van der Waals surface area contributed by atoms with E-state index >= 15 is 0 Å². The van der Waals surface area contributed by atoms with Crippen molar-refractivity contribution in [3.05, 3.63) is 89.0 Å². The maximum Gasteiger partial charge on any atom is 0.326 e. The highest BCUT2D eigenvalue weighted by atomic mass is 32.2. The van der Waals surface area contributed by atoms with Gasteiger partial charge in [0.2, 0.25) is 16.2 Å². The molecule has 12 heteroatoms. The fourth-order valence-electron chi connectivity index (χ4n) is 4.51. The Labute approximate surface area is 223 Å². The van der Waals surface area contributed by atoms with Gasteiger partial charge in [-0.25, -0.2) is 14.7 Å². The van der Waals surface area contributed by atoms with Crippen LogP contribution in [-0.4, -0.2) is 53.8 Å². The average molecular weight is 545 g/mol. The largest absolute Gasteiger partial charge is 0.480 e. The normalized spacial score (nSPS) is 14.8. The van der Waals surface area contributed by atoms with Gasteiger partial charge >= 0.3 is 5.97 Å². The van der Waals surface area contributed by atoms with Gasteiger partial charge in [0, 0.05) is 23.2 Å². The van der Waals surface area contributed by atoms with Crippen LogP contribution < -0.4 is 16.0 Å². The molecule has 0 radical (unpaired) electrons. The number of carbonyl (C=O) groups is 4. The molecule has 0 aromatic heterocycles. The lowest BCUT2D eigenvalue weighted by atomic mass is 9.97. The van der Waals surface area contributed by atoms with Gasteiger partial charge in [-0.05, 0) is 41.5 Å². The Morgan fingerprint density at radius 3 is 2.44 bits per heavy atom. The summed E-state index contributed by atoms with van der Waals surface area (Å²) in [6.45, 7) is 0. The quantitative estimate of drug-likeness (QED) is 0.236. The van der Waals surface area contributed by atoms with Crippen LogP contribution >= 0.6 is 0 Å². The second-order valence-electron chi connectivity index (χ2n) is 8.90. The Morgan fingerprint density at radius 1 is 1.03 bits per heavy atom. The summed E-state index contributed by atoms with van der Waals surface area (Å²) in [4.78, 5) is 55.4. The second-order valence-corrected chi connectivity index (χ2v) is 9.78. The number of carboxylic acids is 1. The zero-order chi connectivity index (χ0) is 27.8. The first kappa shape index (κ1) is 25.5. The summed E-state index contributed by atoms with van der Waals surface area (Å²) in [6, 6.07) is 15.8. The lowest BCUT2D eigenvalue weighted by Gasteiger charge is -2.27. The summed E-state index contributed by atoms with van der Waals surface area (Å²) in [5.41, 5.74) is 8.05. The van der Waals surface area contributed by atoms with Crippen LogP contribution in [0.3, 0.4) is 0 Å². The number of benzene rings is 3. The third kappa shape index (κ3) is 4.80. The summed E-state index contributed by atoms with van der Waals surface area (Å²) in [6.07, 6.45) is -0.129. The first-order valence-electron chi connectivity index (χ1n) is 11.7. The average Bonchev–Trinajstić information content (AvgIpc) is 3.30. The van der Waals surface area contributed by atoms with Crippen LogP contribution in [-0.2, 0) is 37.5 Å². The predicted molar refractivity (Wildman–Crippen MR) is 143 cm³/mol. The number of para-hydroxylation sites is 1. The van der Waals surface area contributed by atoms with E-state index in [4.69, 9.17) is 5.73 Å². The first-order chi connectivity index (χ1) is 18.6. The Morgan fingerprint density at radius 2 is 1.74 bits per heavy atom. The molecule has 196 valence electrons. The summed E-state index contributed by atoms with van der Waals surface area (Å²) < 4.78 is 23.6. The number of hydrogen-bond donors (Lipinski definition) is 3. The number of rotatable bonds is 6. The first-order valence-corrected chi connectivity index (χ1v) is 12.7. The standard InChI is InChI=1S/C27H20N4O7S/c28-16-8-7-15-12-22(32)31(26(34)19(15)13-16)17-9-5-14(6-10-17)11-21(27(35)36)30-25(33)23-24(39(37)38)18-3-1-2-4-20(18)29-23/h1-10,13,21H,11-12,28H2,(H,30,33)(H,35,36). The highest BCUT2D eigenvalue weighted by molar-refractivity contribution is 7.76. The van der Waals surface area contributed by atoms with E-state index in [0.717, 1.165) is 4.90 Å². The summed E-state index contributed by atoms with van der Waals surface area (Å²) in [5, 5.41) is 12.1. The smallest absolute Gasteiger partial charge is 0.326 e. The van der Waals surface area contributed by atoms with Gasteiger partial charge in [-0.3, -0.25) is 14.4 Å². The van der Waals surface area contributed by atoms with Crippen LogP contribution in [0.4, 0.5) is 17.1 Å². The monoisotopic (exact) mass is 544 g/mol. The third-order valence-corrected chi connectivity index (χ3v) is 7.12. The van der Waals surface area contributed by atoms with Gasteiger partial charge in [-0.15, -0.1) is 0 Å². The number of nitrogens with two attached hydrogens (primary N) is 1. The number of amides is 3. The number of carbonyl (C=O) groups excluding carboxylic acids is 3. The van der Waals surface area contributed by atoms with Crippen molar-refractivity contribution in [1.29, 1.82) is 0 Å². The highest BCUT2D eigenvalue weighted by Gasteiger charge is 2.33. The number of aliphatic carboxylic acids is 1. The van der Waals surface area contributed by atoms with E-state index in [9.17, 15) is 32.7 Å². The molecule has 4 N–H and O–H groups in total. The van der Waals surface area contributed by atoms with E-state index in [-0.39, 0.29) is 29.0 Å². The van der Waals surface area contributed by atoms with Crippen molar-refractivity contribution in [3.8, 4) is 0 Å². The molecule has 1 unspecified atom stereocenters. The summed E-state index contributed by atoms with van der Waals surface area (Å²) >= 11 is 0. The Bertz CT molecular complexity index is 1740. The molecule has 5 rings (SSSR count). The van der Waals surface area contributed by atoms with Gasteiger partial charge in [-0.2, -0.15) is 8.42 Å². The number of aliphatic imine (C=N–C) groups is 1. The molecule has 39 heavy (non-hydrogen) atoms. The maximum absolute atomic E-state index is 13.0. The van der Waals surface area contributed by atoms with E-state index in [1.165, 1.54) is 24.3 Å². The molecular weight excluding hydrogens is 524 g/mol. The Kier molecular flexibility index (Phi) is 6.54. The molecule has 3 amide bonds. The van der Waals surface area contributed by atoms with Crippen LogP contribution in [0.1, 0.15) is 27.0 Å². The molecule has 11 nitrogen and oxygen atoms in total. The van der Waals surface area contributed by atoms with Crippen molar-refractivity contribution in [1.82, 2.24) is 5.32 Å². The molecule has 0 aliphatic carbocycles. The van der Waals surface area contributed by atoms with Crippen molar-refractivity contribution in [2.45, 2.75) is 18.9 Å². The van der Waals surface area contributed by atoms with Crippen molar-refractivity contribution in [3.63, 3.8) is 0 Å². The molecule has 2 aliphatic rings. The van der Waals surface area contributed by atoms with E-state index in [1.54, 1.807) is 42.5 Å². The SMILES string of the molecule is Nc1ccc2c(c1)C(=O)N(c1ccc(CC(NC(=O)C3=Nc4ccccc4C3=S(=O)=O)C(=O)O)cc1)C(=O)C2. The topological polar surface area (TPSA) is 176 Å². The van der Waals surface area contributed by atoms with E-state index in [0.29, 0.717) is 28.1 Å². The minimum atomic E-state index is -2.78.